The average Bonchev–Trinajstić information content (AvgIpc) is 1.32. The Hall–Kier alpha value is -12.7. The van der Waals surface area contributed by atoms with Gasteiger partial charge in [-0.1, -0.05) is 139 Å². The highest BCUT2D eigenvalue weighted by Crippen LogP contribution is 2.32. The molecule has 14 atom stereocenters. The summed E-state index contributed by atoms with van der Waals surface area (Å²) >= 11 is 7.04. The standard InChI is InChI=1S/C98H135ClN20O19S/c1-11-13-24-78-91(131)108-70(40-55(3)4)89(129)113-77(88(128)105-51-85(125)117-38-35-60(36-39-117)59-29-31-63(99)32-30-59)53-139-54-84(124)107-73(42-58-27-33-64(120)34-28-58)94(134)114(8)57(7)86(126)110-75(46-82(101)122)96(136)118-37-19-26-79(118)92(132)112-76(47-100)90(130)111-72(41-56(5)6)97(137)119-52-65(121)45-81(119)93(133)109-71(43-61-48-102-68-22-17-15-20-66(61)68)87(127)104-50-83(123)106-74(44-62-49-103-69-23-18-16-21-67(62)69)95(135)116(10)80(25-14-12-2)98(138)115(78)9/h15-18,20-23,27-34,48-49,55-57,60,65,70-81,102-103,120-121H,11-14,19,24-26,35-47,50-54,100H2,1-10H3,(H2,101,122)(H,104,127)(H,105,128)(H,106,123)(H,107,124)(H,108,131)(H,109,133)(H,110,126)(H,111,130)(H,112,132)(H,113,129)/t57-,65+,70-,71-,72-,73-,74?,75-,76-,77-,78-,79-,80-,81-/m0/s1. The number of carbonyl (C=O) groups is 17. The number of likely N-dealkylation sites (tertiary alicyclic amines) is 1. The van der Waals surface area contributed by atoms with Gasteiger partial charge in [-0.25, -0.2) is 0 Å². The van der Waals surface area contributed by atoms with Crippen LogP contribution in [0.3, 0.4) is 0 Å². The molecule has 4 fully saturated rings. The Kier molecular flexibility index (Phi) is 40.0. The highest BCUT2D eigenvalue weighted by Gasteiger charge is 2.47. The minimum Gasteiger partial charge on any atom is -0.508 e. The van der Waals surface area contributed by atoms with Crippen LogP contribution in [-0.4, -0.2) is 313 Å². The Bertz CT molecular complexity index is 5360. The number of rotatable bonds is 23. The minimum absolute atomic E-state index is 0.000519. The van der Waals surface area contributed by atoms with Crippen LogP contribution in [0.15, 0.2) is 109 Å². The first kappa shape index (κ1) is 108. The quantitative estimate of drug-likeness (QED) is 0.0436. The number of halogens is 1. The number of hydrogen-bond acceptors (Lipinski definition) is 21. The summed E-state index contributed by atoms with van der Waals surface area (Å²) in [5.74, 6) is -15.9. The van der Waals surface area contributed by atoms with E-state index in [9.17, 15) is 58.2 Å². The number of unbranched alkanes of at least 4 members (excludes halogenated alkanes) is 2. The lowest BCUT2D eigenvalue weighted by Gasteiger charge is -2.36. The number of phenolic OH excluding ortho intramolecular Hbond substituents is 1. The van der Waals surface area contributed by atoms with E-state index in [4.69, 9.17) is 23.1 Å². The predicted molar refractivity (Wildman–Crippen MR) is 522 cm³/mol. The van der Waals surface area contributed by atoms with Gasteiger partial charge in [0.05, 0.1) is 31.4 Å². The number of thioether (sulfide) groups is 1. The Morgan fingerprint density at radius 1 is 0.540 bits per heavy atom. The van der Waals surface area contributed by atoms with Gasteiger partial charge in [-0.15, -0.1) is 11.8 Å². The molecular formula is C98H135ClN20O19S. The van der Waals surface area contributed by atoms with Crippen molar-refractivity contribution in [2.45, 2.75) is 248 Å². The van der Waals surface area contributed by atoms with Crippen molar-refractivity contribution < 1.29 is 91.7 Å². The number of para-hydroxylation sites is 2. The molecule has 6 heterocycles. The molecule has 1 unspecified atom stereocenters. The summed E-state index contributed by atoms with van der Waals surface area (Å²) in [6.45, 7) is 10.5. The number of fused-ring (bicyclic) bond motifs is 4. The molecule has 4 aliphatic heterocycles. The third-order valence-electron chi connectivity index (χ3n) is 26.1. The van der Waals surface area contributed by atoms with Crippen LogP contribution >= 0.6 is 23.4 Å². The molecule has 41 heteroatoms. The van der Waals surface area contributed by atoms with Crippen LogP contribution in [0.5, 0.6) is 5.75 Å². The number of hydrogen-bond donors (Lipinski definition) is 16. The number of piperidine rings is 1. The summed E-state index contributed by atoms with van der Waals surface area (Å²) in [5.41, 5.74) is 15.9. The van der Waals surface area contributed by atoms with E-state index in [2.05, 4.69) is 63.1 Å². The van der Waals surface area contributed by atoms with E-state index in [-0.39, 0.29) is 100 Å². The monoisotopic (exact) mass is 1960 g/mol. The first-order valence-electron chi connectivity index (χ1n) is 47.8. The van der Waals surface area contributed by atoms with Gasteiger partial charge in [-0.05, 0) is 135 Å². The highest BCUT2D eigenvalue weighted by molar-refractivity contribution is 8.00. The number of amides is 17. The number of aromatic amines is 2. The van der Waals surface area contributed by atoms with Gasteiger partial charge < -0.3 is 114 Å². The summed E-state index contributed by atoms with van der Waals surface area (Å²) in [4.78, 5) is 265. The van der Waals surface area contributed by atoms with Crippen molar-refractivity contribution in [1.29, 1.82) is 0 Å². The third kappa shape index (κ3) is 29.7. The van der Waals surface area contributed by atoms with Crippen molar-refractivity contribution in [2.24, 2.45) is 23.3 Å². The molecule has 4 aromatic carbocycles. The number of H-pyrrole nitrogens is 2. The van der Waals surface area contributed by atoms with Crippen LogP contribution in [0.2, 0.25) is 5.02 Å². The maximum absolute atomic E-state index is 15.7. The molecule has 10 rings (SSSR count). The summed E-state index contributed by atoms with van der Waals surface area (Å²) in [6, 6.07) is 8.42. The molecule has 18 N–H and O–H groups in total. The fraction of sp³-hybridized carbons (Fsp3) is 0.541. The van der Waals surface area contributed by atoms with Crippen molar-refractivity contribution in [3.05, 3.63) is 137 Å². The Morgan fingerprint density at radius 2 is 1.07 bits per heavy atom. The summed E-state index contributed by atoms with van der Waals surface area (Å²) < 4.78 is 0. The number of nitrogens with two attached hydrogens (primary N) is 2. The van der Waals surface area contributed by atoms with Gasteiger partial charge in [-0.3, -0.25) is 81.5 Å². The van der Waals surface area contributed by atoms with Gasteiger partial charge in [0.25, 0.3) is 0 Å². The molecule has 754 valence electrons. The first-order valence-corrected chi connectivity index (χ1v) is 49.3. The molecule has 4 saturated heterocycles. The average molecular weight is 1960 g/mol. The number of carbonyl (C=O) groups excluding carboxylic acids is 17. The minimum atomic E-state index is -1.76. The molecule has 4 aliphatic rings. The number of likely N-dealkylation sites (N-methyl/N-ethyl adjacent to an activating group) is 3. The predicted octanol–water partition coefficient (Wildman–Crippen LogP) is 2.06. The molecule has 139 heavy (non-hydrogen) atoms. The van der Waals surface area contributed by atoms with E-state index in [0.717, 1.165) is 32.0 Å². The van der Waals surface area contributed by atoms with Crippen molar-refractivity contribution in [3.8, 4) is 5.75 Å². The number of aromatic hydroxyl groups is 1. The maximum Gasteiger partial charge on any atom is 0.246 e. The van der Waals surface area contributed by atoms with Gasteiger partial charge in [0.2, 0.25) is 100 Å². The largest absolute Gasteiger partial charge is 0.508 e. The molecule has 2 aromatic heterocycles. The van der Waals surface area contributed by atoms with Crippen LogP contribution in [0, 0.1) is 11.8 Å². The lowest BCUT2D eigenvalue weighted by atomic mass is 9.89. The maximum atomic E-state index is 15.7. The normalized spacial score (nSPS) is 24.8. The van der Waals surface area contributed by atoms with E-state index in [1.54, 1.807) is 87.5 Å². The van der Waals surface area contributed by atoms with Gasteiger partial charge in [-0.2, -0.15) is 0 Å². The lowest BCUT2D eigenvalue weighted by molar-refractivity contribution is -0.149. The SMILES string of the molecule is CCCC[C@H]1C(=O)N(C)[C@@H](CCCC)C(=O)N[C@@H](CC(C)C)C(=O)N[C@H](C(=O)NCC(=O)N2CCC(c3ccc(Cl)cc3)CC2)CSCC(=O)N[C@@H](Cc2ccc(O)cc2)C(=O)N(C)[C@@H](C)C(=O)N[C@@H](CC(N)=O)C(=O)N2CCC[C@H]2C(=O)N[C@@H](CN)C(=O)N[C@@H](CC(C)C)C(=O)N2C[C@H](O)C[C@H]2C(=O)N[C@@H](Cc2c[nH]c3ccccc23)C(=O)NCC(=O)NC(Cc2c[nH]c3ccccc23)C(=O)N1C. The Labute approximate surface area is 817 Å². The van der Waals surface area contributed by atoms with E-state index in [1.807, 2.05) is 44.2 Å². The van der Waals surface area contributed by atoms with Gasteiger partial charge in [0, 0.05) is 125 Å². The van der Waals surface area contributed by atoms with Crippen LogP contribution in [0.25, 0.3) is 21.8 Å². The van der Waals surface area contributed by atoms with Gasteiger partial charge >= 0.3 is 0 Å². The highest BCUT2D eigenvalue weighted by atomic mass is 35.5. The van der Waals surface area contributed by atoms with Crippen molar-refractivity contribution >= 4 is 146 Å². The zero-order chi connectivity index (χ0) is 101. The molecule has 0 spiro atoms. The second kappa shape index (κ2) is 51.3. The van der Waals surface area contributed by atoms with Gasteiger partial charge in [0.15, 0.2) is 0 Å². The number of aromatic nitrogens is 2. The Balaban J connectivity index is 0.985. The number of aliphatic hydroxyl groups excluding tert-OH is 1. The summed E-state index contributed by atoms with van der Waals surface area (Å²) in [6.07, 6.45) is 3.55. The number of nitrogens with one attached hydrogen (secondary N) is 12. The van der Waals surface area contributed by atoms with E-state index in [1.165, 1.54) is 62.1 Å². The van der Waals surface area contributed by atoms with E-state index < -0.39 is 223 Å². The number of aliphatic hydroxyl groups is 1. The fourth-order valence-corrected chi connectivity index (χ4v) is 19.2. The first-order chi connectivity index (χ1) is 66.3. The van der Waals surface area contributed by atoms with Crippen LogP contribution in [0.4, 0.5) is 0 Å². The number of phenols is 1. The summed E-state index contributed by atoms with van der Waals surface area (Å²) in [5, 5.41) is 50.7. The smallest absolute Gasteiger partial charge is 0.246 e. The zero-order valence-corrected chi connectivity index (χ0v) is 82.1. The molecule has 0 saturated carbocycles. The van der Waals surface area contributed by atoms with Crippen molar-refractivity contribution in [1.82, 2.24) is 92.5 Å². The number of nitrogens with zero attached hydrogens (tertiary/aromatic N) is 6. The van der Waals surface area contributed by atoms with E-state index in [0.29, 0.717) is 95.1 Å². The van der Waals surface area contributed by atoms with Crippen molar-refractivity contribution in [3.63, 3.8) is 0 Å². The number of benzene rings is 4. The van der Waals surface area contributed by atoms with E-state index >= 15 is 33.6 Å². The zero-order valence-electron chi connectivity index (χ0n) is 80.6. The number of primary amides is 1. The molecule has 0 radical (unpaired) electrons. The molecule has 17 amide bonds. The van der Waals surface area contributed by atoms with Crippen molar-refractivity contribution in [2.75, 3.05) is 78.5 Å². The summed E-state index contributed by atoms with van der Waals surface area (Å²) in [7, 11) is 4.07. The second-order valence-electron chi connectivity index (χ2n) is 37.4. The fourth-order valence-electron chi connectivity index (χ4n) is 18.2. The molecule has 0 aliphatic carbocycles. The Morgan fingerprint density at radius 3 is 1.68 bits per heavy atom. The lowest BCUT2D eigenvalue weighted by Crippen LogP contribution is -2.61. The molecule has 6 aromatic rings. The molecule has 39 nitrogen and oxygen atoms in total. The van der Waals surface area contributed by atoms with Gasteiger partial charge in [0.1, 0.15) is 84.3 Å². The van der Waals surface area contributed by atoms with Crippen LogP contribution in [0.1, 0.15) is 167 Å². The molecular weight excluding hydrogens is 1830 g/mol. The third-order valence-corrected chi connectivity index (χ3v) is 27.4. The topological polar surface area (TPSA) is 554 Å². The van der Waals surface area contributed by atoms with Crippen LogP contribution in [-0.2, 0) is 101 Å². The second-order valence-corrected chi connectivity index (χ2v) is 38.8. The molecule has 0 bridgehead atoms. The van der Waals surface area contributed by atoms with Crippen LogP contribution < -0.4 is 64.6 Å².